The molecular formula is C13H11N3OS. The van der Waals surface area contributed by atoms with Gasteiger partial charge in [-0.2, -0.15) is 5.26 Å². The molecule has 0 bridgehead atoms. The molecule has 0 unspecified atom stereocenters. The number of nitrogens with zero attached hydrogens (tertiary/aromatic N) is 2. The van der Waals surface area contributed by atoms with E-state index in [0.717, 1.165) is 23.6 Å². The number of rotatable bonds is 3. The summed E-state index contributed by atoms with van der Waals surface area (Å²) >= 11 is 1.37. The van der Waals surface area contributed by atoms with E-state index >= 15 is 0 Å². The fourth-order valence-electron chi connectivity index (χ4n) is 1.73. The van der Waals surface area contributed by atoms with Crippen LogP contribution in [0.25, 0.3) is 0 Å². The van der Waals surface area contributed by atoms with Crippen LogP contribution in [0.5, 0.6) is 10.8 Å². The smallest absolute Gasteiger partial charge is 0.206 e. The molecular weight excluding hydrogens is 246 g/mol. The molecule has 1 aliphatic rings. The lowest BCUT2D eigenvalue weighted by atomic mass is 10.2. The normalized spacial score (nSPS) is 14.2. The van der Waals surface area contributed by atoms with E-state index in [0.29, 0.717) is 22.4 Å². The molecule has 0 radical (unpaired) electrons. The lowest BCUT2D eigenvalue weighted by molar-refractivity contribution is 0.488. The summed E-state index contributed by atoms with van der Waals surface area (Å²) in [4.78, 5) is 4.32. The van der Waals surface area contributed by atoms with Crippen molar-refractivity contribution in [2.24, 2.45) is 0 Å². The topological polar surface area (TPSA) is 71.9 Å². The summed E-state index contributed by atoms with van der Waals surface area (Å²) < 4.78 is 5.80. The highest BCUT2D eigenvalue weighted by Crippen LogP contribution is 2.47. The van der Waals surface area contributed by atoms with Crippen LogP contribution in [0, 0.1) is 11.3 Å². The maximum absolute atomic E-state index is 8.73. The summed E-state index contributed by atoms with van der Waals surface area (Å²) in [6.45, 7) is 0. The highest BCUT2D eigenvalue weighted by atomic mass is 32.1. The van der Waals surface area contributed by atoms with E-state index in [4.69, 9.17) is 15.7 Å². The lowest BCUT2D eigenvalue weighted by Gasteiger charge is -2.04. The Morgan fingerprint density at radius 3 is 2.67 bits per heavy atom. The van der Waals surface area contributed by atoms with E-state index in [1.807, 2.05) is 0 Å². The van der Waals surface area contributed by atoms with Gasteiger partial charge in [-0.1, -0.05) is 11.3 Å². The van der Waals surface area contributed by atoms with Gasteiger partial charge in [0.25, 0.3) is 0 Å². The average Bonchev–Trinajstić information content (AvgIpc) is 3.15. The molecule has 2 N–H and O–H groups in total. The van der Waals surface area contributed by atoms with Gasteiger partial charge in [0.1, 0.15) is 11.4 Å². The summed E-state index contributed by atoms with van der Waals surface area (Å²) in [5, 5.41) is 10.1. The SMILES string of the molecule is N#Cc1ccc(Oc2sc(N)nc2C2CC2)cc1. The van der Waals surface area contributed by atoms with Gasteiger partial charge in [-0.3, -0.25) is 0 Å². The largest absolute Gasteiger partial charge is 0.445 e. The van der Waals surface area contributed by atoms with Gasteiger partial charge in [0.05, 0.1) is 11.6 Å². The third-order valence-electron chi connectivity index (χ3n) is 2.80. The molecule has 0 aliphatic heterocycles. The van der Waals surface area contributed by atoms with Gasteiger partial charge in [0.15, 0.2) is 5.13 Å². The van der Waals surface area contributed by atoms with Gasteiger partial charge in [0, 0.05) is 5.92 Å². The Hall–Kier alpha value is -2.06. The Labute approximate surface area is 109 Å². The van der Waals surface area contributed by atoms with Crippen LogP contribution in [0.4, 0.5) is 5.13 Å². The molecule has 3 rings (SSSR count). The average molecular weight is 257 g/mol. The maximum atomic E-state index is 8.73. The number of nitriles is 1. The van der Waals surface area contributed by atoms with Gasteiger partial charge in [-0.15, -0.1) is 0 Å². The van der Waals surface area contributed by atoms with E-state index in [-0.39, 0.29) is 0 Å². The Balaban J connectivity index is 1.85. The van der Waals surface area contributed by atoms with Crippen molar-refractivity contribution in [3.63, 3.8) is 0 Å². The molecule has 1 aromatic carbocycles. The number of nitrogens with two attached hydrogens (primary N) is 1. The Morgan fingerprint density at radius 2 is 2.06 bits per heavy atom. The fraction of sp³-hybridized carbons (Fsp3) is 0.231. The second-order valence-electron chi connectivity index (χ2n) is 4.24. The number of aromatic nitrogens is 1. The molecule has 1 saturated carbocycles. The zero-order valence-corrected chi connectivity index (χ0v) is 10.4. The van der Waals surface area contributed by atoms with Crippen LogP contribution in [0.1, 0.15) is 30.0 Å². The van der Waals surface area contributed by atoms with Crippen molar-refractivity contribution in [2.75, 3.05) is 5.73 Å². The van der Waals surface area contributed by atoms with Crippen LogP contribution in [0.15, 0.2) is 24.3 Å². The Bertz CT molecular complexity index is 608. The van der Waals surface area contributed by atoms with Crippen molar-refractivity contribution in [1.29, 1.82) is 5.26 Å². The molecule has 0 spiro atoms. The van der Waals surface area contributed by atoms with Crippen LogP contribution in [0.3, 0.4) is 0 Å². The minimum absolute atomic E-state index is 0.506. The zero-order valence-electron chi connectivity index (χ0n) is 9.59. The molecule has 0 atom stereocenters. The quantitative estimate of drug-likeness (QED) is 0.916. The summed E-state index contributed by atoms with van der Waals surface area (Å²) in [5.41, 5.74) is 7.32. The molecule has 5 heteroatoms. The first-order chi connectivity index (χ1) is 8.76. The highest BCUT2D eigenvalue weighted by Gasteiger charge is 2.30. The van der Waals surface area contributed by atoms with E-state index in [1.54, 1.807) is 24.3 Å². The van der Waals surface area contributed by atoms with Gasteiger partial charge in [-0.25, -0.2) is 4.98 Å². The molecule has 0 amide bonds. The monoisotopic (exact) mass is 257 g/mol. The van der Waals surface area contributed by atoms with Crippen LogP contribution in [-0.4, -0.2) is 4.98 Å². The van der Waals surface area contributed by atoms with Crippen LogP contribution < -0.4 is 10.5 Å². The van der Waals surface area contributed by atoms with Crippen LogP contribution in [-0.2, 0) is 0 Å². The summed E-state index contributed by atoms with van der Waals surface area (Å²) in [5.74, 6) is 1.21. The van der Waals surface area contributed by atoms with Crippen molar-refractivity contribution in [3.8, 4) is 16.9 Å². The summed E-state index contributed by atoms with van der Waals surface area (Å²) in [6.07, 6.45) is 2.32. The first-order valence-electron chi connectivity index (χ1n) is 5.70. The number of hydrogen-bond donors (Lipinski definition) is 1. The van der Waals surface area contributed by atoms with Gasteiger partial charge in [0.2, 0.25) is 5.06 Å². The summed E-state index contributed by atoms with van der Waals surface area (Å²) in [6, 6.07) is 9.11. The van der Waals surface area contributed by atoms with Crippen LogP contribution in [0.2, 0.25) is 0 Å². The van der Waals surface area contributed by atoms with Crippen molar-refractivity contribution < 1.29 is 4.74 Å². The van der Waals surface area contributed by atoms with Gasteiger partial charge < -0.3 is 10.5 Å². The fourth-order valence-corrected chi connectivity index (χ4v) is 2.52. The highest BCUT2D eigenvalue weighted by molar-refractivity contribution is 7.17. The second kappa shape index (κ2) is 4.31. The van der Waals surface area contributed by atoms with Crippen LogP contribution >= 0.6 is 11.3 Å². The van der Waals surface area contributed by atoms with E-state index in [2.05, 4.69) is 11.1 Å². The van der Waals surface area contributed by atoms with Gasteiger partial charge >= 0.3 is 0 Å². The molecule has 2 aromatic rings. The van der Waals surface area contributed by atoms with Crippen molar-refractivity contribution in [1.82, 2.24) is 4.98 Å². The molecule has 18 heavy (non-hydrogen) atoms. The maximum Gasteiger partial charge on any atom is 0.206 e. The Morgan fingerprint density at radius 1 is 1.33 bits per heavy atom. The van der Waals surface area contributed by atoms with E-state index in [1.165, 1.54) is 11.3 Å². The Kier molecular flexibility index (Phi) is 2.65. The molecule has 1 aliphatic carbocycles. The first kappa shape index (κ1) is 11.1. The van der Waals surface area contributed by atoms with Crippen molar-refractivity contribution in [2.45, 2.75) is 18.8 Å². The van der Waals surface area contributed by atoms with E-state index < -0.39 is 0 Å². The standard InChI is InChI=1S/C13H11N3OS/c14-7-8-1-5-10(6-2-8)17-12-11(9-3-4-9)16-13(15)18-12/h1-2,5-6,9H,3-4H2,(H2,15,16). The van der Waals surface area contributed by atoms with Crippen molar-refractivity contribution >= 4 is 16.5 Å². The number of thiazole rings is 1. The minimum atomic E-state index is 0.506. The lowest BCUT2D eigenvalue weighted by Crippen LogP contribution is -1.88. The number of nitrogen functional groups attached to an aromatic ring is 1. The predicted molar refractivity (Wildman–Crippen MR) is 69.7 cm³/mol. The molecule has 1 aromatic heterocycles. The third-order valence-corrected chi connectivity index (χ3v) is 3.57. The molecule has 90 valence electrons. The molecule has 1 heterocycles. The first-order valence-corrected chi connectivity index (χ1v) is 6.52. The van der Waals surface area contributed by atoms with E-state index in [9.17, 15) is 0 Å². The zero-order chi connectivity index (χ0) is 12.5. The number of benzene rings is 1. The third kappa shape index (κ3) is 2.15. The minimum Gasteiger partial charge on any atom is -0.445 e. The number of anilines is 1. The van der Waals surface area contributed by atoms with Crippen molar-refractivity contribution in [3.05, 3.63) is 35.5 Å². The molecule has 1 fully saturated rings. The number of hydrogen-bond acceptors (Lipinski definition) is 5. The second-order valence-corrected chi connectivity index (χ2v) is 5.23. The number of ether oxygens (including phenoxy) is 1. The van der Waals surface area contributed by atoms with Gasteiger partial charge in [-0.05, 0) is 37.1 Å². The molecule has 0 saturated heterocycles. The molecule has 4 nitrogen and oxygen atoms in total. The summed E-state index contributed by atoms with van der Waals surface area (Å²) in [7, 11) is 0. The predicted octanol–water partition coefficient (Wildman–Crippen LogP) is 3.27.